The zero-order valence-electron chi connectivity index (χ0n) is 19.5. The predicted octanol–water partition coefficient (Wildman–Crippen LogP) is 5.04. The number of hydrogen-bond acceptors (Lipinski definition) is 4. The third kappa shape index (κ3) is 3.60. The lowest BCUT2D eigenvalue weighted by Crippen LogP contribution is -2.32. The summed E-state index contributed by atoms with van der Waals surface area (Å²) in [6.07, 6.45) is 3.08. The maximum absolute atomic E-state index is 13.1. The monoisotopic (exact) mass is 443 g/mol. The zero-order chi connectivity index (χ0) is 23.5. The van der Waals surface area contributed by atoms with Gasteiger partial charge in [0.05, 0.1) is 23.1 Å². The van der Waals surface area contributed by atoms with Crippen LogP contribution in [-0.2, 0) is 26.3 Å². The van der Waals surface area contributed by atoms with Crippen LogP contribution in [0.4, 0.5) is 5.69 Å². The summed E-state index contributed by atoms with van der Waals surface area (Å²) in [7, 11) is 0. The van der Waals surface area contributed by atoms with E-state index >= 15 is 0 Å². The van der Waals surface area contributed by atoms with Gasteiger partial charge in [0.15, 0.2) is 0 Å². The number of esters is 1. The first-order valence-corrected chi connectivity index (χ1v) is 11.6. The van der Waals surface area contributed by atoms with Crippen LogP contribution in [-0.4, -0.2) is 17.8 Å². The molecule has 170 valence electrons. The number of ether oxygens (including phenoxy) is 1. The Morgan fingerprint density at radius 1 is 0.970 bits per heavy atom. The summed E-state index contributed by atoms with van der Waals surface area (Å²) in [5.41, 5.74) is 4.36. The van der Waals surface area contributed by atoms with E-state index in [9.17, 15) is 14.4 Å². The minimum Gasteiger partial charge on any atom is -0.457 e. The Labute approximate surface area is 194 Å². The van der Waals surface area contributed by atoms with Crippen molar-refractivity contribution in [2.75, 3.05) is 4.90 Å². The highest BCUT2D eigenvalue weighted by Crippen LogP contribution is 2.55. The molecule has 33 heavy (non-hydrogen) atoms. The lowest BCUT2D eigenvalue weighted by molar-refractivity contribution is -0.123. The molecule has 5 heteroatoms. The van der Waals surface area contributed by atoms with Gasteiger partial charge in [-0.25, -0.2) is 4.79 Å². The van der Waals surface area contributed by atoms with Gasteiger partial charge in [0.1, 0.15) is 6.61 Å². The Morgan fingerprint density at radius 2 is 1.61 bits per heavy atom. The van der Waals surface area contributed by atoms with Crippen molar-refractivity contribution < 1.29 is 19.1 Å². The minimum atomic E-state index is -0.435. The van der Waals surface area contributed by atoms with E-state index in [-0.39, 0.29) is 47.5 Å². The Bertz CT molecular complexity index is 1150. The zero-order valence-corrected chi connectivity index (χ0v) is 19.5. The molecule has 4 atom stereocenters. The number of fused-ring (bicyclic) bond motifs is 5. The molecule has 5 rings (SSSR count). The molecule has 1 aliphatic heterocycles. The lowest BCUT2D eigenvalue weighted by Gasteiger charge is -2.19. The number of nitrogens with zero attached hydrogens (tertiary/aromatic N) is 1. The van der Waals surface area contributed by atoms with E-state index in [0.29, 0.717) is 11.3 Å². The van der Waals surface area contributed by atoms with Crippen molar-refractivity contribution in [3.05, 3.63) is 76.9 Å². The quantitative estimate of drug-likeness (QED) is 0.377. The molecule has 2 fully saturated rings. The number of anilines is 1. The fourth-order valence-corrected chi connectivity index (χ4v) is 5.61. The summed E-state index contributed by atoms with van der Waals surface area (Å²) in [6.45, 7) is 8.71. The highest BCUT2D eigenvalue weighted by Gasteiger charge is 2.60. The molecule has 2 aromatic carbocycles. The summed E-state index contributed by atoms with van der Waals surface area (Å²) in [5, 5.41) is 0. The molecule has 2 aromatic rings. The number of amides is 2. The first kappa shape index (κ1) is 21.6. The molecular formula is C28H29NO4. The SMILES string of the molecule is CC1=C[C@H]2C[C@H]1[C@@H]1C(=O)N(c3ccc(C(=O)OCc4ccc(C(C)(C)C)cc4)cc3)C(=O)[C@@H]12. The molecule has 2 bridgehead atoms. The Hall–Kier alpha value is -3.21. The molecule has 1 saturated carbocycles. The minimum absolute atomic E-state index is 0.0720. The van der Waals surface area contributed by atoms with Gasteiger partial charge in [0.2, 0.25) is 11.8 Å². The number of hydrogen-bond donors (Lipinski definition) is 0. The number of rotatable bonds is 4. The van der Waals surface area contributed by atoms with E-state index < -0.39 is 5.97 Å². The first-order chi connectivity index (χ1) is 15.6. The van der Waals surface area contributed by atoms with Crippen LogP contribution in [0.1, 0.15) is 55.6 Å². The van der Waals surface area contributed by atoms with Crippen LogP contribution < -0.4 is 4.90 Å². The molecular weight excluding hydrogens is 414 g/mol. The van der Waals surface area contributed by atoms with Gasteiger partial charge in [0.25, 0.3) is 0 Å². The van der Waals surface area contributed by atoms with Gasteiger partial charge in [-0.3, -0.25) is 14.5 Å². The molecule has 1 heterocycles. The number of imide groups is 1. The van der Waals surface area contributed by atoms with E-state index in [1.165, 1.54) is 16.0 Å². The number of carbonyl (C=O) groups is 3. The highest BCUT2D eigenvalue weighted by atomic mass is 16.5. The van der Waals surface area contributed by atoms with Crippen LogP contribution in [0.3, 0.4) is 0 Å². The van der Waals surface area contributed by atoms with Crippen molar-refractivity contribution in [2.24, 2.45) is 23.7 Å². The number of allylic oxidation sites excluding steroid dienone is 2. The molecule has 3 aliphatic rings. The fraction of sp³-hybridized carbons (Fsp3) is 0.393. The summed E-state index contributed by atoms with van der Waals surface area (Å²) in [5.74, 6) is -0.770. The number of benzene rings is 2. The van der Waals surface area contributed by atoms with Crippen molar-refractivity contribution in [1.29, 1.82) is 0 Å². The van der Waals surface area contributed by atoms with Gasteiger partial charge in [0, 0.05) is 0 Å². The highest BCUT2D eigenvalue weighted by molar-refractivity contribution is 6.23. The average Bonchev–Trinajstić information content (AvgIpc) is 3.42. The maximum atomic E-state index is 13.1. The van der Waals surface area contributed by atoms with E-state index in [4.69, 9.17) is 4.74 Å². The molecule has 0 radical (unpaired) electrons. The van der Waals surface area contributed by atoms with Gasteiger partial charge in [-0.1, -0.05) is 56.7 Å². The van der Waals surface area contributed by atoms with Crippen LogP contribution >= 0.6 is 0 Å². The van der Waals surface area contributed by atoms with Crippen molar-refractivity contribution in [3.8, 4) is 0 Å². The van der Waals surface area contributed by atoms with Crippen LogP contribution in [0.5, 0.6) is 0 Å². The van der Waals surface area contributed by atoms with Gasteiger partial charge in [-0.15, -0.1) is 0 Å². The van der Waals surface area contributed by atoms with E-state index in [2.05, 4.69) is 45.9 Å². The Balaban J connectivity index is 1.24. The van der Waals surface area contributed by atoms with Crippen LogP contribution in [0.15, 0.2) is 60.2 Å². The first-order valence-electron chi connectivity index (χ1n) is 11.6. The molecule has 0 N–H and O–H groups in total. The molecule has 5 nitrogen and oxygen atoms in total. The van der Waals surface area contributed by atoms with Gasteiger partial charge in [-0.2, -0.15) is 0 Å². The van der Waals surface area contributed by atoms with Crippen molar-refractivity contribution in [3.63, 3.8) is 0 Å². The van der Waals surface area contributed by atoms with E-state index in [1.54, 1.807) is 24.3 Å². The van der Waals surface area contributed by atoms with Crippen molar-refractivity contribution >= 4 is 23.5 Å². The van der Waals surface area contributed by atoms with E-state index in [1.807, 2.05) is 12.1 Å². The third-order valence-corrected chi connectivity index (χ3v) is 7.43. The largest absolute Gasteiger partial charge is 0.457 e. The fourth-order valence-electron chi connectivity index (χ4n) is 5.61. The summed E-state index contributed by atoms with van der Waals surface area (Å²) >= 11 is 0. The molecule has 0 unspecified atom stereocenters. The van der Waals surface area contributed by atoms with Gasteiger partial charge < -0.3 is 4.74 Å². The summed E-state index contributed by atoms with van der Waals surface area (Å²) in [6, 6.07) is 14.6. The molecule has 0 spiro atoms. The van der Waals surface area contributed by atoms with Crippen LogP contribution in [0.25, 0.3) is 0 Å². The second kappa shape index (κ2) is 7.68. The van der Waals surface area contributed by atoms with Gasteiger partial charge in [-0.05, 0) is 66.0 Å². The molecule has 2 aliphatic carbocycles. The lowest BCUT2D eigenvalue weighted by atomic mass is 9.82. The van der Waals surface area contributed by atoms with Crippen LogP contribution in [0, 0.1) is 23.7 Å². The Kier molecular flexibility index (Phi) is 5.04. The summed E-state index contributed by atoms with van der Waals surface area (Å²) in [4.78, 5) is 40.0. The molecule has 0 aromatic heterocycles. The summed E-state index contributed by atoms with van der Waals surface area (Å²) < 4.78 is 5.46. The van der Waals surface area contributed by atoms with Crippen LogP contribution in [0.2, 0.25) is 0 Å². The topological polar surface area (TPSA) is 63.7 Å². The molecule has 1 saturated heterocycles. The van der Waals surface area contributed by atoms with E-state index in [0.717, 1.165) is 12.0 Å². The third-order valence-electron chi connectivity index (χ3n) is 7.43. The normalized spacial score (nSPS) is 25.9. The molecule has 2 amide bonds. The average molecular weight is 444 g/mol. The smallest absolute Gasteiger partial charge is 0.338 e. The second-order valence-corrected chi connectivity index (χ2v) is 10.6. The second-order valence-electron chi connectivity index (χ2n) is 10.6. The van der Waals surface area contributed by atoms with Gasteiger partial charge >= 0.3 is 5.97 Å². The standard InChI is InChI=1S/C28H29NO4/c1-16-13-19-14-22(16)24-23(19)25(30)29(26(24)31)21-11-7-18(8-12-21)27(32)33-15-17-5-9-20(10-6-17)28(2,3)4/h5-13,19,22-24H,14-15H2,1-4H3/t19-,22+,23+,24-/m0/s1. The Morgan fingerprint density at radius 3 is 2.24 bits per heavy atom. The number of carbonyl (C=O) groups excluding carboxylic acids is 3. The predicted molar refractivity (Wildman–Crippen MR) is 126 cm³/mol. The van der Waals surface area contributed by atoms with Crippen molar-refractivity contribution in [2.45, 2.75) is 46.1 Å². The maximum Gasteiger partial charge on any atom is 0.338 e. The van der Waals surface area contributed by atoms with Crippen molar-refractivity contribution in [1.82, 2.24) is 0 Å².